The van der Waals surface area contributed by atoms with E-state index in [0.29, 0.717) is 12.1 Å². The second-order valence-electron chi connectivity index (χ2n) is 5.14. The molecule has 4 nitrogen and oxygen atoms in total. The average Bonchev–Trinajstić information content (AvgIpc) is 2.44. The zero-order valence-corrected chi connectivity index (χ0v) is 13.2. The Balaban J connectivity index is 2.47. The second-order valence-corrected chi connectivity index (χ2v) is 6.00. The standard InChI is InChI=1S/C16H19NO3S/c1-4-13(16(19)20)17-14(8-21-9-15(17)18)12-6-5-10(2)11(3)7-12/h5-8,13H,4,9H2,1-3H3,(H,19,20). The third-order valence-electron chi connectivity index (χ3n) is 3.72. The Morgan fingerprint density at radius 2 is 2.10 bits per heavy atom. The molecule has 0 aromatic heterocycles. The predicted molar refractivity (Wildman–Crippen MR) is 84.9 cm³/mol. The van der Waals surface area contributed by atoms with E-state index in [0.717, 1.165) is 11.1 Å². The van der Waals surface area contributed by atoms with Crippen LogP contribution in [0.15, 0.2) is 23.6 Å². The van der Waals surface area contributed by atoms with Crippen molar-refractivity contribution in [3.8, 4) is 0 Å². The van der Waals surface area contributed by atoms with Crippen LogP contribution < -0.4 is 0 Å². The zero-order chi connectivity index (χ0) is 15.6. The highest BCUT2D eigenvalue weighted by Gasteiger charge is 2.33. The highest BCUT2D eigenvalue weighted by molar-refractivity contribution is 8.03. The van der Waals surface area contributed by atoms with Gasteiger partial charge in [0, 0.05) is 0 Å². The number of rotatable bonds is 4. The van der Waals surface area contributed by atoms with Crippen molar-refractivity contribution >= 4 is 29.3 Å². The minimum absolute atomic E-state index is 0.148. The number of carboxylic acid groups (broad SMARTS) is 1. The van der Waals surface area contributed by atoms with Crippen LogP contribution in [0, 0.1) is 13.8 Å². The molecule has 112 valence electrons. The highest BCUT2D eigenvalue weighted by Crippen LogP contribution is 2.31. The first-order chi connectivity index (χ1) is 9.95. The summed E-state index contributed by atoms with van der Waals surface area (Å²) in [5, 5.41) is 11.3. The van der Waals surface area contributed by atoms with Crippen molar-refractivity contribution in [2.45, 2.75) is 33.2 Å². The molecule has 0 aliphatic carbocycles. The molecule has 0 saturated carbocycles. The van der Waals surface area contributed by atoms with Crippen molar-refractivity contribution in [2.75, 3.05) is 5.75 Å². The molecule has 1 unspecified atom stereocenters. The van der Waals surface area contributed by atoms with Crippen LogP contribution in [-0.4, -0.2) is 33.7 Å². The normalized spacial score (nSPS) is 16.6. The summed E-state index contributed by atoms with van der Waals surface area (Å²) in [5.74, 6) is -0.824. The summed E-state index contributed by atoms with van der Waals surface area (Å²) in [6.07, 6.45) is 0.383. The van der Waals surface area contributed by atoms with Crippen molar-refractivity contribution in [3.05, 3.63) is 40.3 Å². The summed E-state index contributed by atoms with van der Waals surface area (Å²) in [5.41, 5.74) is 3.87. The highest BCUT2D eigenvalue weighted by atomic mass is 32.2. The fourth-order valence-electron chi connectivity index (χ4n) is 2.37. The maximum atomic E-state index is 12.2. The number of aryl methyl sites for hydroxylation is 2. The van der Waals surface area contributed by atoms with E-state index in [1.54, 1.807) is 6.92 Å². The molecule has 0 spiro atoms. The van der Waals surface area contributed by atoms with Crippen LogP contribution in [0.4, 0.5) is 0 Å². The number of carbonyl (C=O) groups excluding carboxylic acids is 1. The molecule has 0 saturated heterocycles. The quantitative estimate of drug-likeness (QED) is 0.929. The predicted octanol–water partition coefficient (Wildman–Crippen LogP) is 3.04. The van der Waals surface area contributed by atoms with Crippen LogP contribution >= 0.6 is 11.8 Å². The second kappa shape index (κ2) is 6.35. The molecule has 21 heavy (non-hydrogen) atoms. The third kappa shape index (κ3) is 3.13. The van der Waals surface area contributed by atoms with Crippen molar-refractivity contribution in [1.82, 2.24) is 4.90 Å². The summed E-state index contributed by atoms with van der Waals surface area (Å²) in [6.45, 7) is 5.82. The number of nitrogens with zero attached hydrogens (tertiary/aromatic N) is 1. The van der Waals surface area contributed by atoms with Crippen molar-refractivity contribution in [2.24, 2.45) is 0 Å². The first-order valence-corrected chi connectivity index (χ1v) is 7.94. The number of hydrogen-bond donors (Lipinski definition) is 1. The van der Waals surface area contributed by atoms with Crippen LogP contribution in [0.25, 0.3) is 5.70 Å². The van der Waals surface area contributed by atoms with Gasteiger partial charge in [-0.1, -0.05) is 19.1 Å². The fraction of sp³-hybridized carbons (Fsp3) is 0.375. The topological polar surface area (TPSA) is 57.6 Å². The van der Waals surface area contributed by atoms with Gasteiger partial charge in [-0.05, 0) is 48.4 Å². The molecule has 1 aliphatic heterocycles. The molecule has 0 bridgehead atoms. The lowest BCUT2D eigenvalue weighted by Gasteiger charge is -2.33. The van der Waals surface area contributed by atoms with Gasteiger partial charge in [-0.2, -0.15) is 0 Å². The van der Waals surface area contributed by atoms with Crippen molar-refractivity contribution in [3.63, 3.8) is 0 Å². The minimum Gasteiger partial charge on any atom is -0.480 e. The summed E-state index contributed by atoms with van der Waals surface area (Å²) in [4.78, 5) is 25.1. The van der Waals surface area contributed by atoms with Crippen LogP contribution in [0.5, 0.6) is 0 Å². The molecular formula is C16H19NO3S. The maximum absolute atomic E-state index is 12.2. The van der Waals surface area contributed by atoms with E-state index in [-0.39, 0.29) is 11.7 Å². The van der Waals surface area contributed by atoms with Crippen LogP contribution in [-0.2, 0) is 9.59 Å². The Morgan fingerprint density at radius 3 is 2.67 bits per heavy atom. The SMILES string of the molecule is CCC(C(=O)O)N1C(=O)CSC=C1c1ccc(C)c(C)c1. The largest absolute Gasteiger partial charge is 0.480 e. The van der Waals surface area contributed by atoms with Gasteiger partial charge in [0.25, 0.3) is 0 Å². The van der Waals surface area contributed by atoms with E-state index in [4.69, 9.17) is 0 Å². The van der Waals surface area contributed by atoms with Crippen LogP contribution in [0.2, 0.25) is 0 Å². The monoisotopic (exact) mass is 305 g/mol. The Bertz CT molecular complexity index is 610. The molecule has 1 atom stereocenters. The van der Waals surface area contributed by atoms with Gasteiger partial charge in [-0.15, -0.1) is 11.8 Å². The van der Waals surface area contributed by atoms with Gasteiger partial charge < -0.3 is 5.11 Å². The zero-order valence-electron chi connectivity index (χ0n) is 12.4. The molecule has 1 amide bonds. The lowest BCUT2D eigenvalue weighted by molar-refractivity contribution is -0.146. The maximum Gasteiger partial charge on any atom is 0.326 e. The van der Waals surface area contributed by atoms with Gasteiger partial charge in [-0.25, -0.2) is 4.79 Å². The van der Waals surface area contributed by atoms with Gasteiger partial charge >= 0.3 is 5.97 Å². The molecule has 1 N–H and O–H groups in total. The molecule has 0 fully saturated rings. The Labute approximate surface area is 128 Å². The minimum atomic E-state index is -0.965. The fourth-order valence-corrected chi connectivity index (χ4v) is 3.14. The lowest BCUT2D eigenvalue weighted by atomic mass is 10.0. The molecule has 5 heteroatoms. The first-order valence-electron chi connectivity index (χ1n) is 6.90. The van der Waals surface area contributed by atoms with E-state index in [9.17, 15) is 14.7 Å². The Hall–Kier alpha value is -1.75. The third-order valence-corrected chi connectivity index (χ3v) is 4.52. The van der Waals surface area contributed by atoms with E-state index in [2.05, 4.69) is 0 Å². The van der Waals surface area contributed by atoms with E-state index >= 15 is 0 Å². The van der Waals surface area contributed by atoms with Crippen LogP contribution in [0.3, 0.4) is 0 Å². The number of thioether (sulfide) groups is 1. The van der Waals surface area contributed by atoms with Gasteiger partial charge in [0.15, 0.2) is 0 Å². The molecule has 0 radical (unpaired) electrons. The molecular weight excluding hydrogens is 286 g/mol. The average molecular weight is 305 g/mol. The molecule has 1 heterocycles. The number of aliphatic carboxylic acids is 1. The van der Waals surface area contributed by atoms with Gasteiger partial charge in [-0.3, -0.25) is 9.69 Å². The van der Waals surface area contributed by atoms with E-state index < -0.39 is 12.0 Å². The molecule has 2 rings (SSSR count). The first kappa shape index (κ1) is 15.6. The number of carbonyl (C=O) groups is 2. The van der Waals surface area contributed by atoms with Crippen LogP contribution in [0.1, 0.15) is 30.0 Å². The summed E-state index contributed by atoms with van der Waals surface area (Å²) >= 11 is 1.41. The summed E-state index contributed by atoms with van der Waals surface area (Å²) < 4.78 is 0. The summed E-state index contributed by atoms with van der Waals surface area (Å²) in [7, 11) is 0. The van der Waals surface area contributed by atoms with Crippen molar-refractivity contribution in [1.29, 1.82) is 0 Å². The number of hydrogen-bond acceptors (Lipinski definition) is 3. The van der Waals surface area contributed by atoms with Gasteiger partial charge in [0.2, 0.25) is 5.91 Å². The molecule has 1 aromatic rings. The smallest absolute Gasteiger partial charge is 0.326 e. The lowest BCUT2D eigenvalue weighted by Crippen LogP contribution is -2.45. The van der Waals surface area contributed by atoms with Gasteiger partial charge in [0.05, 0.1) is 11.4 Å². The van der Waals surface area contributed by atoms with Crippen molar-refractivity contribution < 1.29 is 14.7 Å². The number of benzene rings is 1. The van der Waals surface area contributed by atoms with E-state index in [1.807, 2.05) is 37.5 Å². The summed E-state index contributed by atoms with van der Waals surface area (Å²) in [6, 6.07) is 5.12. The van der Waals surface area contributed by atoms with E-state index in [1.165, 1.54) is 22.2 Å². The molecule has 1 aliphatic rings. The number of amides is 1. The number of carboxylic acids is 1. The Morgan fingerprint density at radius 1 is 1.38 bits per heavy atom. The molecule has 1 aromatic carbocycles. The van der Waals surface area contributed by atoms with Gasteiger partial charge in [0.1, 0.15) is 6.04 Å². The Kier molecular flexibility index (Phi) is 4.73.